The Morgan fingerprint density at radius 1 is 1.73 bits per heavy atom. The molecule has 0 spiro atoms. The first-order chi connectivity index (χ1) is 5.15. The van der Waals surface area contributed by atoms with Gasteiger partial charge in [-0.15, -0.1) is 0 Å². The third-order valence-electron chi connectivity index (χ3n) is 2.01. The molecule has 1 aliphatic rings. The Kier molecular flexibility index (Phi) is 2.27. The number of ketones is 1. The molecule has 0 radical (unpaired) electrons. The van der Waals surface area contributed by atoms with E-state index in [4.69, 9.17) is 4.74 Å². The van der Waals surface area contributed by atoms with Crippen molar-refractivity contribution in [3.05, 3.63) is 0 Å². The average Bonchev–Trinajstić information content (AvgIpc) is 2.30. The van der Waals surface area contributed by atoms with E-state index in [0.29, 0.717) is 6.42 Å². The molecule has 0 aliphatic carbocycles. The van der Waals surface area contributed by atoms with Gasteiger partial charge >= 0.3 is 5.97 Å². The second-order valence-corrected chi connectivity index (χ2v) is 2.87. The van der Waals surface area contributed by atoms with Crippen molar-refractivity contribution in [3.8, 4) is 0 Å². The van der Waals surface area contributed by atoms with E-state index < -0.39 is 5.92 Å². The predicted octanol–water partition coefficient (Wildman–Crippen LogP) is 0.917. The molecule has 0 aromatic heterocycles. The summed E-state index contributed by atoms with van der Waals surface area (Å²) in [5, 5.41) is 0. The van der Waals surface area contributed by atoms with Crippen LogP contribution in [0.4, 0.5) is 0 Å². The quantitative estimate of drug-likeness (QED) is 0.441. The summed E-state index contributed by atoms with van der Waals surface area (Å²) in [4.78, 5) is 21.8. The van der Waals surface area contributed by atoms with E-state index in [9.17, 15) is 9.59 Å². The second-order valence-electron chi connectivity index (χ2n) is 2.87. The lowest BCUT2D eigenvalue weighted by molar-refractivity contribution is -0.146. The number of hydrogen-bond acceptors (Lipinski definition) is 3. The predicted molar refractivity (Wildman–Crippen MR) is 39.0 cm³/mol. The van der Waals surface area contributed by atoms with Gasteiger partial charge in [0, 0.05) is 6.42 Å². The number of carbonyl (C=O) groups excluding carboxylic acids is 2. The molecule has 0 N–H and O–H groups in total. The summed E-state index contributed by atoms with van der Waals surface area (Å²) in [6.07, 6.45) is 1.34. The van der Waals surface area contributed by atoms with Crippen LogP contribution in [-0.2, 0) is 14.3 Å². The highest BCUT2D eigenvalue weighted by atomic mass is 16.6. The van der Waals surface area contributed by atoms with Crippen molar-refractivity contribution in [1.29, 1.82) is 0 Å². The fraction of sp³-hybridized carbons (Fsp3) is 0.750. The molecule has 1 aliphatic heterocycles. The molecule has 1 saturated heterocycles. The van der Waals surface area contributed by atoms with Gasteiger partial charge in [0.05, 0.1) is 0 Å². The normalized spacial score (nSPS) is 30.2. The Hall–Kier alpha value is -0.860. The van der Waals surface area contributed by atoms with Gasteiger partial charge in [0.25, 0.3) is 0 Å². The van der Waals surface area contributed by atoms with Crippen LogP contribution in [0.3, 0.4) is 0 Å². The Labute approximate surface area is 65.7 Å². The summed E-state index contributed by atoms with van der Waals surface area (Å²) >= 11 is 0. The molecule has 2 atom stereocenters. The van der Waals surface area contributed by atoms with E-state index in [-0.39, 0.29) is 17.9 Å². The topological polar surface area (TPSA) is 43.4 Å². The second kappa shape index (κ2) is 3.03. The van der Waals surface area contributed by atoms with E-state index in [0.717, 1.165) is 6.42 Å². The van der Waals surface area contributed by atoms with Crippen molar-refractivity contribution in [1.82, 2.24) is 0 Å². The van der Waals surface area contributed by atoms with E-state index in [1.165, 1.54) is 6.92 Å². The molecule has 3 nitrogen and oxygen atoms in total. The van der Waals surface area contributed by atoms with Gasteiger partial charge in [-0.05, 0) is 13.3 Å². The van der Waals surface area contributed by atoms with Crippen molar-refractivity contribution >= 4 is 11.8 Å². The van der Waals surface area contributed by atoms with Crippen molar-refractivity contribution in [2.75, 3.05) is 0 Å². The summed E-state index contributed by atoms with van der Waals surface area (Å²) in [6, 6.07) is 0. The van der Waals surface area contributed by atoms with Crippen LogP contribution in [0.25, 0.3) is 0 Å². The van der Waals surface area contributed by atoms with Crippen LogP contribution in [0.1, 0.15) is 26.7 Å². The lowest BCUT2D eigenvalue weighted by Gasteiger charge is -2.01. The molecule has 1 heterocycles. The summed E-state index contributed by atoms with van der Waals surface area (Å²) < 4.78 is 4.92. The molecular weight excluding hydrogens is 144 g/mol. The zero-order chi connectivity index (χ0) is 8.43. The van der Waals surface area contributed by atoms with E-state index >= 15 is 0 Å². The molecule has 0 bridgehead atoms. The monoisotopic (exact) mass is 156 g/mol. The van der Waals surface area contributed by atoms with Crippen LogP contribution in [0.5, 0.6) is 0 Å². The van der Waals surface area contributed by atoms with Crippen molar-refractivity contribution in [3.63, 3.8) is 0 Å². The summed E-state index contributed by atoms with van der Waals surface area (Å²) in [7, 11) is 0. The first-order valence-corrected chi connectivity index (χ1v) is 3.86. The number of hydrogen-bond donors (Lipinski definition) is 0. The summed E-state index contributed by atoms with van der Waals surface area (Å²) in [6.45, 7) is 3.38. The molecule has 3 heteroatoms. The Bertz CT molecular complexity index is 186. The maximum absolute atomic E-state index is 10.9. The van der Waals surface area contributed by atoms with E-state index in [2.05, 4.69) is 0 Å². The van der Waals surface area contributed by atoms with Crippen molar-refractivity contribution < 1.29 is 14.3 Å². The summed E-state index contributed by atoms with van der Waals surface area (Å²) in [5.74, 6) is -0.907. The molecule has 0 aromatic carbocycles. The molecule has 0 saturated carbocycles. The van der Waals surface area contributed by atoms with Crippen LogP contribution < -0.4 is 0 Å². The van der Waals surface area contributed by atoms with Gasteiger partial charge in [0.1, 0.15) is 17.8 Å². The van der Waals surface area contributed by atoms with Crippen LogP contribution in [0.2, 0.25) is 0 Å². The maximum atomic E-state index is 10.9. The first-order valence-electron chi connectivity index (χ1n) is 3.86. The highest BCUT2D eigenvalue weighted by Gasteiger charge is 2.36. The van der Waals surface area contributed by atoms with Gasteiger partial charge in [0.2, 0.25) is 0 Å². The number of Topliss-reactive ketones (excluding diaryl/α,β-unsaturated/α-hetero) is 1. The number of ether oxygens (including phenoxy) is 1. The summed E-state index contributed by atoms with van der Waals surface area (Å²) in [5.41, 5.74) is 0. The smallest absolute Gasteiger partial charge is 0.316 e. The van der Waals surface area contributed by atoms with Gasteiger partial charge < -0.3 is 4.74 Å². The minimum absolute atomic E-state index is 0.0311. The van der Waals surface area contributed by atoms with Gasteiger partial charge in [0.15, 0.2) is 0 Å². The van der Waals surface area contributed by atoms with E-state index in [1.54, 1.807) is 0 Å². The van der Waals surface area contributed by atoms with Crippen LogP contribution >= 0.6 is 0 Å². The third kappa shape index (κ3) is 1.59. The molecule has 62 valence electrons. The largest absolute Gasteiger partial charge is 0.462 e. The number of esters is 1. The number of cyclic esters (lactones) is 1. The van der Waals surface area contributed by atoms with Gasteiger partial charge in [-0.25, -0.2) is 0 Å². The Balaban J connectivity index is 2.59. The third-order valence-corrected chi connectivity index (χ3v) is 2.01. The first kappa shape index (κ1) is 8.24. The van der Waals surface area contributed by atoms with Crippen LogP contribution in [0, 0.1) is 5.92 Å². The van der Waals surface area contributed by atoms with E-state index in [1.807, 2.05) is 6.92 Å². The average molecular weight is 156 g/mol. The number of rotatable bonds is 2. The molecule has 11 heavy (non-hydrogen) atoms. The number of carbonyl (C=O) groups is 2. The molecular formula is C8H12O3. The SMILES string of the molecule is CC[C@@H]1C[C@@H](C(C)=O)C(=O)O1. The fourth-order valence-electron chi connectivity index (χ4n) is 1.24. The zero-order valence-corrected chi connectivity index (χ0v) is 6.79. The minimum Gasteiger partial charge on any atom is -0.462 e. The lowest BCUT2D eigenvalue weighted by Crippen LogP contribution is -2.15. The van der Waals surface area contributed by atoms with Crippen LogP contribution in [-0.4, -0.2) is 17.9 Å². The Morgan fingerprint density at radius 2 is 2.36 bits per heavy atom. The minimum atomic E-state index is -0.486. The highest BCUT2D eigenvalue weighted by molar-refractivity contribution is 5.98. The molecule has 1 fully saturated rings. The standard InChI is InChI=1S/C8H12O3/c1-3-6-4-7(5(2)9)8(10)11-6/h6-7H,3-4H2,1-2H3/t6-,7+/m1/s1. The molecule has 0 amide bonds. The highest BCUT2D eigenvalue weighted by Crippen LogP contribution is 2.23. The molecule has 0 unspecified atom stereocenters. The Morgan fingerprint density at radius 3 is 2.64 bits per heavy atom. The zero-order valence-electron chi connectivity index (χ0n) is 6.79. The van der Waals surface area contributed by atoms with Crippen molar-refractivity contribution in [2.45, 2.75) is 32.8 Å². The fourth-order valence-corrected chi connectivity index (χ4v) is 1.24. The molecule has 0 aromatic rings. The van der Waals surface area contributed by atoms with Gasteiger partial charge in [-0.1, -0.05) is 6.92 Å². The van der Waals surface area contributed by atoms with Gasteiger partial charge in [-0.2, -0.15) is 0 Å². The molecule has 1 rings (SSSR count). The maximum Gasteiger partial charge on any atom is 0.316 e. The van der Waals surface area contributed by atoms with Crippen LogP contribution in [0.15, 0.2) is 0 Å². The van der Waals surface area contributed by atoms with Gasteiger partial charge in [-0.3, -0.25) is 9.59 Å². The lowest BCUT2D eigenvalue weighted by atomic mass is 10.0. The van der Waals surface area contributed by atoms with Crippen molar-refractivity contribution in [2.24, 2.45) is 5.92 Å².